The Labute approximate surface area is 79.0 Å². The molecule has 2 heterocycles. The molecule has 2 rings (SSSR count). The van der Waals surface area contributed by atoms with Crippen LogP contribution in [0.25, 0.3) is 10.8 Å². The van der Waals surface area contributed by atoms with Crippen molar-refractivity contribution >= 4 is 17.1 Å². The Balaban J connectivity index is 2.39. The zero-order chi connectivity index (χ0) is 9.26. The van der Waals surface area contributed by atoms with E-state index in [1.165, 1.54) is 18.3 Å². The first-order valence-corrected chi connectivity index (χ1v) is 4.65. The molecular formula is C9H7NO2S. The Morgan fingerprint density at radius 1 is 1.62 bits per heavy atom. The van der Waals surface area contributed by atoms with Gasteiger partial charge in [0.15, 0.2) is 16.6 Å². The van der Waals surface area contributed by atoms with E-state index in [1.54, 1.807) is 17.7 Å². The van der Waals surface area contributed by atoms with Gasteiger partial charge in [0, 0.05) is 12.3 Å². The summed E-state index contributed by atoms with van der Waals surface area (Å²) in [6.07, 6.45) is 1.59. The van der Waals surface area contributed by atoms with E-state index in [9.17, 15) is 4.79 Å². The number of Topliss-reactive ketones (excluding diaryl/α,β-unsaturated/α-hetero) is 1. The van der Waals surface area contributed by atoms with Crippen LogP contribution < -0.4 is 0 Å². The summed E-state index contributed by atoms with van der Waals surface area (Å²) in [5, 5.41) is 2.48. The molecule has 0 atom stereocenters. The summed E-state index contributed by atoms with van der Waals surface area (Å²) in [5.41, 5.74) is 0.497. The van der Waals surface area contributed by atoms with E-state index < -0.39 is 0 Å². The number of hydrogen-bond acceptors (Lipinski definition) is 4. The van der Waals surface area contributed by atoms with Crippen LogP contribution in [0, 0.1) is 0 Å². The fourth-order valence-corrected chi connectivity index (χ4v) is 1.77. The van der Waals surface area contributed by atoms with Gasteiger partial charge >= 0.3 is 0 Å². The molecule has 4 heteroatoms. The number of carbonyl (C=O) groups excluding carboxylic acids is 1. The average Bonchev–Trinajstić information content (AvgIpc) is 2.75. The molecule has 0 unspecified atom stereocenters. The van der Waals surface area contributed by atoms with E-state index in [-0.39, 0.29) is 5.78 Å². The molecule has 0 aliphatic carbocycles. The standard InChI is InChI=1S/C9H7NO2S/c1-6(11)7-5-13-9(10-7)8-3-2-4-12-8/h2-5H,1H3. The topological polar surface area (TPSA) is 43.1 Å². The lowest BCUT2D eigenvalue weighted by Crippen LogP contribution is -1.90. The lowest BCUT2D eigenvalue weighted by molar-refractivity contribution is 0.101. The predicted molar refractivity (Wildman–Crippen MR) is 49.8 cm³/mol. The first-order valence-electron chi connectivity index (χ1n) is 3.78. The highest BCUT2D eigenvalue weighted by atomic mass is 32.1. The number of hydrogen-bond donors (Lipinski definition) is 0. The van der Waals surface area contributed by atoms with Crippen LogP contribution in [0.3, 0.4) is 0 Å². The van der Waals surface area contributed by atoms with Crippen LogP contribution in [-0.2, 0) is 0 Å². The molecule has 0 amide bonds. The highest BCUT2D eigenvalue weighted by Crippen LogP contribution is 2.23. The monoisotopic (exact) mass is 193 g/mol. The fraction of sp³-hybridized carbons (Fsp3) is 0.111. The van der Waals surface area contributed by atoms with Crippen LogP contribution in [-0.4, -0.2) is 10.8 Å². The quantitative estimate of drug-likeness (QED) is 0.688. The van der Waals surface area contributed by atoms with Crippen molar-refractivity contribution in [2.75, 3.05) is 0 Å². The smallest absolute Gasteiger partial charge is 0.178 e. The molecule has 0 spiro atoms. The summed E-state index contributed by atoms with van der Waals surface area (Å²) in [6, 6.07) is 3.62. The minimum Gasteiger partial charge on any atom is -0.462 e. The molecule has 0 aliphatic rings. The van der Waals surface area contributed by atoms with Gasteiger partial charge < -0.3 is 4.42 Å². The largest absolute Gasteiger partial charge is 0.462 e. The van der Waals surface area contributed by atoms with Crippen LogP contribution >= 0.6 is 11.3 Å². The number of thiazole rings is 1. The number of nitrogens with zero attached hydrogens (tertiary/aromatic N) is 1. The van der Waals surface area contributed by atoms with Crippen LogP contribution in [0.5, 0.6) is 0 Å². The number of furan rings is 1. The van der Waals surface area contributed by atoms with E-state index in [2.05, 4.69) is 4.98 Å². The number of ketones is 1. The molecule has 0 saturated heterocycles. The van der Waals surface area contributed by atoms with Crippen molar-refractivity contribution in [3.63, 3.8) is 0 Å². The summed E-state index contributed by atoms with van der Waals surface area (Å²) in [5.74, 6) is 0.687. The maximum atomic E-state index is 10.9. The summed E-state index contributed by atoms with van der Waals surface area (Å²) in [4.78, 5) is 15.1. The van der Waals surface area contributed by atoms with Crippen LogP contribution in [0.1, 0.15) is 17.4 Å². The molecule has 3 nitrogen and oxygen atoms in total. The van der Waals surface area contributed by atoms with Crippen LogP contribution in [0.2, 0.25) is 0 Å². The molecule has 0 saturated carbocycles. The van der Waals surface area contributed by atoms with Gasteiger partial charge in [0.2, 0.25) is 0 Å². The average molecular weight is 193 g/mol. The van der Waals surface area contributed by atoms with Gasteiger partial charge in [-0.15, -0.1) is 11.3 Å². The third-order valence-corrected chi connectivity index (χ3v) is 2.45. The fourth-order valence-electron chi connectivity index (χ4n) is 0.949. The second kappa shape index (κ2) is 3.14. The lowest BCUT2D eigenvalue weighted by Gasteiger charge is -1.86. The van der Waals surface area contributed by atoms with Crippen molar-refractivity contribution in [2.45, 2.75) is 6.92 Å². The molecule has 2 aromatic heterocycles. The van der Waals surface area contributed by atoms with Crippen molar-refractivity contribution in [2.24, 2.45) is 0 Å². The van der Waals surface area contributed by atoms with Crippen LogP contribution in [0.15, 0.2) is 28.2 Å². The first kappa shape index (κ1) is 8.19. The summed E-state index contributed by atoms with van der Waals surface area (Å²) in [7, 11) is 0. The Morgan fingerprint density at radius 2 is 2.46 bits per heavy atom. The Morgan fingerprint density at radius 3 is 3.00 bits per heavy atom. The maximum absolute atomic E-state index is 10.9. The maximum Gasteiger partial charge on any atom is 0.178 e. The van der Waals surface area contributed by atoms with Crippen molar-refractivity contribution in [3.8, 4) is 10.8 Å². The number of rotatable bonds is 2. The molecule has 0 aliphatic heterocycles. The zero-order valence-electron chi connectivity index (χ0n) is 6.98. The van der Waals surface area contributed by atoms with E-state index in [1.807, 2.05) is 6.07 Å². The number of aromatic nitrogens is 1. The molecule has 0 bridgehead atoms. The minimum atomic E-state index is -0.0194. The molecule has 0 radical (unpaired) electrons. The second-order valence-corrected chi connectivity index (χ2v) is 3.43. The van der Waals surface area contributed by atoms with E-state index in [0.717, 1.165) is 5.01 Å². The van der Waals surface area contributed by atoms with Gasteiger partial charge in [-0.05, 0) is 12.1 Å². The van der Waals surface area contributed by atoms with Crippen molar-refractivity contribution in [3.05, 3.63) is 29.5 Å². The van der Waals surface area contributed by atoms with Gasteiger partial charge in [-0.25, -0.2) is 4.98 Å². The Bertz CT molecular complexity index is 417. The lowest BCUT2D eigenvalue weighted by atomic mass is 10.3. The SMILES string of the molecule is CC(=O)c1csc(-c2ccco2)n1. The van der Waals surface area contributed by atoms with Gasteiger partial charge in [-0.2, -0.15) is 0 Å². The highest BCUT2D eigenvalue weighted by Gasteiger charge is 2.08. The molecule has 0 fully saturated rings. The van der Waals surface area contributed by atoms with Crippen molar-refractivity contribution in [1.29, 1.82) is 0 Å². The third kappa shape index (κ3) is 1.53. The van der Waals surface area contributed by atoms with Gasteiger partial charge in [0.25, 0.3) is 0 Å². The third-order valence-electron chi connectivity index (χ3n) is 1.60. The van der Waals surface area contributed by atoms with Crippen molar-refractivity contribution in [1.82, 2.24) is 4.98 Å². The zero-order valence-corrected chi connectivity index (χ0v) is 7.80. The van der Waals surface area contributed by atoms with E-state index in [0.29, 0.717) is 11.5 Å². The first-order chi connectivity index (χ1) is 6.27. The van der Waals surface area contributed by atoms with Gasteiger partial charge in [-0.1, -0.05) is 0 Å². The van der Waals surface area contributed by atoms with Gasteiger partial charge in [0.1, 0.15) is 5.69 Å². The van der Waals surface area contributed by atoms with E-state index >= 15 is 0 Å². The molecule has 66 valence electrons. The molecule has 13 heavy (non-hydrogen) atoms. The predicted octanol–water partition coefficient (Wildman–Crippen LogP) is 2.61. The van der Waals surface area contributed by atoms with Gasteiger partial charge in [0.05, 0.1) is 6.26 Å². The normalized spacial score (nSPS) is 10.2. The van der Waals surface area contributed by atoms with Gasteiger partial charge in [-0.3, -0.25) is 4.79 Å². The summed E-state index contributed by atoms with van der Waals surface area (Å²) >= 11 is 1.41. The van der Waals surface area contributed by atoms with E-state index in [4.69, 9.17) is 4.42 Å². The number of carbonyl (C=O) groups is 1. The highest BCUT2D eigenvalue weighted by molar-refractivity contribution is 7.13. The molecule has 0 N–H and O–H groups in total. The summed E-state index contributed by atoms with van der Waals surface area (Å²) in [6.45, 7) is 1.50. The molecule has 2 aromatic rings. The van der Waals surface area contributed by atoms with Crippen LogP contribution in [0.4, 0.5) is 0 Å². The Hall–Kier alpha value is -1.42. The molecular weight excluding hydrogens is 186 g/mol. The minimum absolute atomic E-state index is 0.0194. The summed E-state index contributed by atoms with van der Waals surface area (Å²) < 4.78 is 5.15. The molecule has 0 aromatic carbocycles. The Kier molecular flexibility index (Phi) is 1.98. The second-order valence-electron chi connectivity index (χ2n) is 2.57. The van der Waals surface area contributed by atoms with Crippen molar-refractivity contribution < 1.29 is 9.21 Å².